The molecule has 10 saturated heterocycles. The molecule has 38 heteroatoms. The van der Waals surface area contributed by atoms with Crippen molar-refractivity contribution in [3.05, 3.63) is 131 Å². The molecule has 11 amide bonds. The minimum atomic E-state index is -4.75. The van der Waals surface area contributed by atoms with Crippen LogP contribution in [0.1, 0.15) is 201 Å². The van der Waals surface area contributed by atoms with E-state index in [1.165, 1.54) is 37.7 Å². The zero-order valence-electron chi connectivity index (χ0n) is 64.8. The van der Waals surface area contributed by atoms with Gasteiger partial charge in [0, 0.05) is 57.6 Å². The highest BCUT2D eigenvalue weighted by atomic mass is 32.3. The van der Waals surface area contributed by atoms with Crippen molar-refractivity contribution in [2.75, 3.05) is 58.9 Å². The highest BCUT2D eigenvalue weighted by Crippen LogP contribution is 2.43. The van der Waals surface area contributed by atoms with E-state index in [0.717, 1.165) is 99.9 Å². The van der Waals surface area contributed by atoms with E-state index >= 15 is 0 Å². The molecule has 622 valence electrons. The highest BCUT2D eigenvalue weighted by molar-refractivity contribution is 7.80. The van der Waals surface area contributed by atoms with Gasteiger partial charge in [0.2, 0.25) is 29.5 Å². The van der Waals surface area contributed by atoms with E-state index in [0.29, 0.717) is 113 Å². The van der Waals surface area contributed by atoms with Crippen LogP contribution in [-0.4, -0.2) is 238 Å². The number of amides is 11. The van der Waals surface area contributed by atoms with Crippen LogP contribution in [0.2, 0.25) is 0 Å². The Bertz CT molecular complexity index is 4320. The van der Waals surface area contributed by atoms with E-state index in [-0.39, 0.29) is 91.3 Å². The van der Waals surface area contributed by atoms with Gasteiger partial charge in [0.15, 0.2) is 5.78 Å². The van der Waals surface area contributed by atoms with E-state index in [4.69, 9.17) is 43.6 Å². The first-order valence-electron chi connectivity index (χ1n) is 39.8. The van der Waals surface area contributed by atoms with E-state index in [9.17, 15) is 51.6 Å². The van der Waals surface area contributed by atoms with Gasteiger partial charge in [0.1, 0.15) is 49.6 Å². The lowest BCUT2D eigenvalue weighted by Gasteiger charge is -2.29. The molecule has 3 aromatic carbocycles. The van der Waals surface area contributed by atoms with Gasteiger partial charge in [-0.15, -0.1) is 24.7 Å². The molecular weight excluding hydrogens is 1520 g/mol. The van der Waals surface area contributed by atoms with E-state index in [2.05, 4.69) is 40.7 Å². The molecule has 2 saturated carbocycles. The Morgan fingerprint density at radius 1 is 0.522 bits per heavy atom. The minimum Gasteiger partial charge on any atom is -0.481 e. The van der Waals surface area contributed by atoms with Gasteiger partial charge in [0.05, 0.1) is 42.5 Å². The van der Waals surface area contributed by atoms with Crippen LogP contribution in [0.3, 0.4) is 0 Å². The van der Waals surface area contributed by atoms with Crippen LogP contribution in [0.5, 0.6) is 0 Å². The van der Waals surface area contributed by atoms with Crippen molar-refractivity contribution in [1.82, 2.24) is 81.2 Å². The number of nitrogens with one attached hydrogen (secondary N) is 3. The third kappa shape index (κ3) is 20.5. The monoisotopic (exact) mass is 1620 g/mol. The Kier molecular flexibility index (Phi) is 26.9. The number of benzene rings is 3. The van der Waals surface area contributed by atoms with Crippen LogP contribution in [-0.2, 0) is 72.9 Å². The fourth-order valence-corrected chi connectivity index (χ4v) is 17.2. The lowest BCUT2D eigenvalue weighted by atomic mass is 9.99. The van der Waals surface area contributed by atoms with Crippen LogP contribution in [0.25, 0.3) is 0 Å². The summed E-state index contributed by atoms with van der Waals surface area (Å²) in [5.41, 5.74) is 4.63. The molecule has 2 aliphatic carbocycles. The second-order valence-corrected chi connectivity index (χ2v) is 32.9. The van der Waals surface area contributed by atoms with Gasteiger partial charge in [-0.2, -0.15) is 28.7 Å². The number of fused-ring (bicyclic) bond motifs is 8. The average Bonchev–Trinajstić information content (AvgIpc) is 1.64. The Morgan fingerprint density at radius 3 is 1.39 bits per heavy atom. The van der Waals surface area contributed by atoms with Crippen LogP contribution in [0, 0.1) is 11.8 Å². The fraction of sp³-hybridized carbons (Fsp3) is 0.597. The molecular formula is C77H103N17O20S. The lowest BCUT2D eigenvalue weighted by Crippen LogP contribution is -2.51. The number of nitrogens with zero attached hydrogens (tertiary/aromatic N) is 13. The summed E-state index contributed by atoms with van der Waals surface area (Å²) in [6.45, 7) is 10.8. The highest BCUT2D eigenvalue weighted by Gasteiger charge is 2.53. The first-order valence-corrected chi connectivity index (χ1v) is 41.2. The summed E-state index contributed by atoms with van der Waals surface area (Å²) in [5.74, 6) is 6.30. The van der Waals surface area contributed by atoms with Crippen molar-refractivity contribution in [2.45, 2.75) is 222 Å². The van der Waals surface area contributed by atoms with Gasteiger partial charge in [-0.25, -0.2) is 29.8 Å². The predicted octanol–water partition coefficient (Wildman–Crippen LogP) is 7.59. The number of hydrogen-bond donors (Lipinski definition) is 6. The summed E-state index contributed by atoms with van der Waals surface area (Å²) < 4.78 is 51.9. The molecule has 5 aromatic rings. The van der Waals surface area contributed by atoms with E-state index in [1.54, 1.807) is 30.7 Å². The number of Topliss-reactive ketones (excluding diaryl/α,β-unsaturated/α-hetero) is 1. The number of ether oxygens (including phenoxy) is 1. The van der Waals surface area contributed by atoms with Crippen molar-refractivity contribution < 1.29 is 93.6 Å². The van der Waals surface area contributed by atoms with Crippen molar-refractivity contribution in [3.63, 3.8) is 0 Å². The maximum absolute atomic E-state index is 12.9. The van der Waals surface area contributed by atoms with Crippen LogP contribution >= 0.6 is 0 Å². The third-order valence-electron chi connectivity index (χ3n) is 22.9. The van der Waals surface area contributed by atoms with E-state index in [1.807, 2.05) is 95.9 Å². The number of piperidine rings is 4. The summed E-state index contributed by atoms with van der Waals surface area (Å²) in [5, 5.41) is 36.5. The number of carbonyl (C=O) groups excluding carboxylic acids is 8. The number of hydrazine groups is 1. The van der Waals surface area contributed by atoms with Gasteiger partial charge in [0.25, 0.3) is 5.91 Å². The first kappa shape index (κ1) is 83.0. The number of aromatic nitrogens is 4. The van der Waals surface area contributed by atoms with Crippen LogP contribution in [0.4, 0.5) is 24.0 Å². The Balaban J connectivity index is 0.000000127. The summed E-state index contributed by atoms with van der Waals surface area (Å²) in [4.78, 5) is 134. The predicted molar refractivity (Wildman–Crippen MR) is 403 cm³/mol. The molecule has 12 heterocycles. The number of rotatable bonds is 21. The first-order chi connectivity index (χ1) is 55.3. The Labute approximate surface area is 665 Å². The standard InChI is InChI=1S/C21H27N3O4.C20H24N4O3.C14H18N4O3.C12H17N5O6S.C10H17NO4/c25-19(16-8-4-5-9-16)12-22-20(26)18-11-10-17-13-23(18)21(27)24(17)28-14-15-6-2-1-3-7-15;25-20-23-12-16(24(20)26-13-14-6-2-1-3-7-14)10-11-17(23)19-22-21-18(27-19)15-8-4-5-9-15;15-16-13(19)12-7-6-11-8-17(12)14(20)18(11)21-9-10-4-2-1-3-5-10;18-12-16-6-8(17(12)23-24(19,20)21)1-2-9(16)11-15-14-10(22-11)7-3-4-13-5-7;1-10(2,3)15-9(14)11-5-4-7(6-11)8(12)13/h1-3,6-7,16-18H,4-5,8-14H2,(H,22,26);1-3,6-7,15-17H,4-5,8-13H2;1-5,11-12H,6-9,15H2,(H,16,19);7-9,13H,1-6H2,(H,19,20,21);7H,4-6H2,1-3H3,(H,12,13)/t17-,18+;16-,17+;11-,12+;7?,8-,9+;7-/m11110/s1. The smallest absolute Gasteiger partial charge is 0.418 e. The maximum atomic E-state index is 12.9. The van der Waals surface area contributed by atoms with Crippen LogP contribution < -0.4 is 21.9 Å². The minimum absolute atomic E-state index is 0.00281. The number of ketones is 1. The number of carboxylic acids is 1. The average molecular weight is 1620 g/mol. The van der Waals surface area contributed by atoms with Crippen molar-refractivity contribution in [1.29, 1.82) is 0 Å². The zero-order chi connectivity index (χ0) is 81.1. The number of urea groups is 4. The Hall–Kier alpha value is -9.96. The maximum Gasteiger partial charge on any atom is 0.418 e. The van der Waals surface area contributed by atoms with E-state index < -0.39 is 64.2 Å². The molecule has 10 aliphatic heterocycles. The summed E-state index contributed by atoms with van der Waals surface area (Å²) in [7, 11) is -4.75. The second kappa shape index (κ2) is 37.3. The van der Waals surface area contributed by atoms with Crippen molar-refractivity contribution >= 4 is 64.2 Å². The van der Waals surface area contributed by atoms with Gasteiger partial charge >= 0.3 is 46.6 Å². The number of likely N-dealkylation sites (tertiary alicyclic amines) is 1. The van der Waals surface area contributed by atoms with Gasteiger partial charge in [-0.3, -0.25) is 43.7 Å². The molecule has 8 bridgehead atoms. The number of carboxylic acid groups (broad SMARTS) is 1. The molecule has 1 unspecified atom stereocenters. The molecule has 10 atom stereocenters. The fourth-order valence-electron chi connectivity index (χ4n) is 16.8. The quantitative estimate of drug-likeness (QED) is 0.0178. The SMILES string of the molecule is CC(C)(C)OC(=O)N1CC[C@H](C(=O)O)C1.NNC(=O)[C@@H]1CC[C@@H]2CN1C(=O)N2OCc1ccccc1.O=C(CNC(=O)[C@@H]1CC[C@@H]2CN1C(=O)N2OCc1ccccc1)C1CCCC1.O=C1N2C[C@@H](CC[C@H]2c2nnc(C3CCCC3)o2)N1OCc1ccccc1.O=C1N2C[C@@H](CC[C@H]2c2nnc(C3CCNC3)o2)N1OS(=O)(=O)O. The Morgan fingerprint density at radius 2 is 0.948 bits per heavy atom. The molecule has 0 radical (unpaired) electrons. The number of nitrogens with two attached hydrogens (primary N) is 1. The number of hydrogen-bond acceptors (Lipinski definition) is 24. The topological polar surface area (TPSA) is 443 Å². The molecule has 0 spiro atoms. The molecule has 12 fully saturated rings. The van der Waals surface area contributed by atoms with Gasteiger partial charge in [-0.05, 0) is 134 Å². The normalized spacial score (nSPS) is 25.6. The van der Waals surface area contributed by atoms with Crippen molar-refractivity contribution in [3.8, 4) is 0 Å². The van der Waals surface area contributed by atoms with Crippen LogP contribution in [0.15, 0.2) is 99.8 Å². The summed E-state index contributed by atoms with van der Waals surface area (Å²) >= 11 is 0. The lowest BCUT2D eigenvalue weighted by molar-refractivity contribution is -0.141. The molecule has 37 nitrogen and oxygen atoms in total. The molecule has 115 heavy (non-hydrogen) atoms. The van der Waals surface area contributed by atoms with Crippen molar-refractivity contribution in [2.24, 2.45) is 17.7 Å². The summed E-state index contributed by atoms with van der Waals surface area (Å²) in [6, 6.07) is 26.1. The molecule has 12 aliphatic rings. The number of aliphatic carboxylic acids is 1. The molecule has 7 N–H and O–H groups in total. The van der Waals surface area contributed by atoms with Gasteiger partial charge < -0.3 is 53.8 Å². The molecule has 2 aromatic heterocycles. The largest absolute Gasteiger partial charge is 0.481 e. The second-order valence-electron chi connectivity index (χ2n) is 31.9. The third-order valence-corrected chi connectivity index (χ3v) is 23.2. The number of hydroxylamine groups is 8. The zero-order valence-corrected chi connectivity index (χ0v) is 65.7. The molecule has 17 rings (SSSR count). The van der Waals surface area contributed by atoms with Gasteiger partial charge in [-0.1, -0.05) is 117 Å². The summed E-state index contributed by atoms with van der Waals surface area (Å²) in [6.07, 6.45) is 15.1. The number of carbonyl (C=O) groups is 9.